The SMILES string of the molecule is C[C@H](c1ccc(Cl)cc1Cl)n1nc(C#N)c2ncc(N3CC([C@@H]4CCCN(CCCC(C)(C)O)C4)C3)nc21.C[C@H](c1ccc(Cl)cc1Cl)n1nc(C#N)c2ncc(N3CC([C@H]4CCCN(CCCC(C)(C)O)C4)C3)nc21. The first-order valence-corrected chi connectivity index (χ1v) is 28.4. The van der Waals surface area contributed by atoms with Gasteiger partial charge in [-0.05, 0) is 178 Å². The number of rotatable bonds is 16. The fourth-order valence-electron chi connectivity index (χ4n) is 11.6. The number of likely N-dealkylation sites (tertiary alicyclic amines) is 2. The maximum atomic E-state index is 10.0. The van der Waals surface area contributed by atoms with Crippen molar-refractivity contribution in [3.05, 3.63) is 91.4 Å². The molecule has 0 saturated carbocycles. The zero-order chi connectivity index (χ0) is 54.1. The van der Waals surface area contributed by atoms with Crippen molar-refractivity contribution in [3.8, 4) is 12.1 Å². The Labute approximate surface area is 466 Å². The summed E-state index contributed by atoms with van der Waals surface area (Å²) < 4.78 is 3.48. The summed E-state index contributed by atoms with van der Waals surface area (Å²) in [5.41, 5.74) is 3.19. The number of piperidine rings is 2. The Bertz CT molecular complexity index is 2880. The van der Waals surface area contributed by atoms with Crippen LogP contribution < -0.4 is 9.80 Å². The van der Waals surface area contributed by atoms with Crippen molar-refractivity contribution in [1.82, 2.24) is 49.3 Å². The number of aromatic nitrogens is 8. The van der Waals surface area contributed by atoms with E-state index in [4.69, 9.17) is 56.4 Å². The number of benzene rings is 2. The molecule has 16 nitrogen and oxygen atoms in total. The average molecular weight is 1110 g/mol. The Morgan fingerprint density at radius 1 is 0.605 bits per heavy atom. The zero-order valence-electron chi connectivity index (χ0n) is 44.5. The van der Waals surface area contributed by atoms with Gasteiger partial charge in [0, 0.05) is 59.4 Å². The second-order valence-electron chi connectivity index (χ2n) is 22.9. The van der Waals surface area contributed by atoms with Gasteiger partial charge < -0.3 is 29.8 Å². The van der Waals surface area contributed by atoms with Crippen LogP contribution in [0.5, 0.6) is 0 Å². The van der Waals surface area contributed by atoms with Crippen LogP contribution in [0.1, 0.15) is 128 Å². The molecule has 2 aromatic carbocycles. The van der Waals surface area contributed by atoms with Gasteiger partial charge in [-0.15, -0.1) is 0 Å². The number of fused-ring (bicyclic) bond motifs is 2. The monoisotopic (exact) mass is 1110 g/mol. The van der Waals surface area contributed by atoms with E-state index in [0.29, 0.717) is 66.1 Å². The summed E-state index contributed by atoms with van der Waals surface area (Å²) in [4.78, 5) is 28.7. The Morgan fingerprint density at radius 2 is 1.00 bits per heavy atom. The normalized spacial score (nSPS) is 19.9. The van der Waals surface area contributed by atoms with E-state index in [1.807, 2.05) is 53.7 Å². The summed E-state index contributed by atoms with van der Waals surface area (Å²) in [6, 6.07) is 14.6. The molecule has 4 aliphatic heterocycles. The lowest BCUT2D eigenvalue weighted by Gasteiger charge is -2.47. The fourth-order valence-corrected chi connectivity index (χ4v) is 12.7. The second-order valence-corrected chi connectivity index (χ2v) is 24.5. The zero-order valence-corrected chi connectivity index (χ0v) is 47.5. The fraction of sp³-hybridized carbons (Fsp3) is 0.571. The Morgan fingerprint density at radius 3 is 1.36 bits per heavy atom. The van der Waals surface area contributed by atoms with Crippen molar-refractivity contribution >= 4 is 80.4 Å². The topological polar surface area (TPSA) is 188 Å². The van der Waals surface area contributed by atoms with E-state index < -0.39 is 11.2 Å². The molecule has 10 rings (SSSR count). The van der Waals surface area contributed by atoms with E-state index in [2.05, 4.69) is 51.9 Å². The van der Waals surface area contributed by atoms with Crippen molar-refractivity contribution in [3.63, 3.8) is 0 Å². The van der Waals surface area contributed by atoms with Gasteiger partial charge in [-0.1, -0.05) is 58.5 Å². The third-order valence-electron chi connectivity index (χ3n) is 16.0. The quantitative estimate of drug-likeness (QED) is 0.0931. The van der Waals surface area contributed by atoms with E-state index >= 15 is 0 Å². The summed E-state index contributed by atoms with van der Waals surface area (Å²) in [6.07, 6.45) is 12.2. The lowest BCUT2D eigenvalue weighted by Crippen LogP contribution is -2.54. The molecule has 0 amide bonds. The third-order valence-corrected chi connectivity index (χ3v) is 17.1. The van der Waals surface area contributed by atoms with Gasteiger partial charge in [0.05, 0.1) is 35.7 Å². The first kappa shape index (κ1) is 55.9. The molecule has 0 radical (unpaired) electrons. The highest BCUT2D eigenvalue weighted by atomic mass is 35.5. The molecule has 0 unspecified atom stereocenters. The van der Waals surface area contributed by atoms with Crippen molar-refractivity contribution in [1.29, 1.82) is 10.5 Å². The van der Waals surface area contributed by atoms with Crippen LogP contribution in [0.15, 0.2) is 48.8 Å². The van der Waals surface area contributed by atoms with Gasteiger partial charge in [0.15, 0.2) is 22.7 Å². The largest absolute Gasteiger partial charge is 0.390 e. The maximum Gasteiger partial charge on any atom is 0.190 e. The summed E-state index contributed by atoms with van der Waals surface area (Å²) in [7, 11) is 0. The van der Waals surface area contributed by atoms with Crippen LogP contribution in [0.4, 0.5) is 11.6 Å². The minimum atomic E-state index is -0.589. The summed E-state index contributed by atoms with van der Waals surface area (Å²) in [5.74, 6) is 4.26. The Kier molecular flexibility index (Phi) is 17.4. The molecule has 0 bridgehead atoms. The van der Waals surface area contributed by atoms with Gasteiger partial charge in [-0.2, -0.15) is 20.7 Å². The molecule has 4 fully saturated rings. The molecule has 20 heteroatoms. The van der Waals surface area contributed by atoms with Crippen molar-refractivity contribution in [2.24, 2.45) is 23.7 Å². The molecule has 6 aromatic rings. The molecule has 76 heavy (non-hydrogen) atoms. The standard InChI is InChI=1S/2C28H35Cl2N7O/c2*1-18(22-8-7-21(29)12-23(22)30)37-27-26(24(13-31)34-37)32-14-25(33-27)36-16-20(17-36)19-6-4-10-35(15-19)11-5-9-28(2,3)38/h2*7-8,12,14,18-20,38H,4-6,9-11,15-17H2,1-3H3/t18-,19+;18-,19-/m11/s1. The van der Waals surface area contributed by atoms with Gasteiger partial charge in [0.25, 0.3) is 0 Å². The summed E-state index contributed by atoms with van der Waals surface area (Å²) >= 11 is 25.1. The Balaban J connectivity index is 0.000000186. The van der Waals surface area contributed by atoms with E-state index in [9.17, 15) is 20.7 Å². The van der Waals surface area contributed by atoms with Crippen molar-refractivity contribution in [2.75, 3.05) is 75.2 Å². The molecule has 0 spiro atoms. The number of aliphatic hydroxyl groups is 2. The van der Waals surface area contributed by atoms with E-state index in [1.54, 1.807) is 46.0 Å². The number of hydrogen-bond acceptors (Lipinski definition) is 14. The summed E-state index contributed by atoms with van der Waals surface area (Å²) in [6.45, 7) is 22.0. The lowest BCUT2D eigenvalue weighted by atomic mass is 9.80. The number of halogens is 4. The predicted octanol–water partition coefficient (Wildman–Crippen LogP) is 10.6. The molecule has 404 valence electrons. The molecule has 2 N–H and O–H groups in total. The minimum Gasteiger partial charge on any atom is -0.390 e. The van der Waals surface area contributed by atoms with Gasteiger partial charge in [-0.3, -0.25) is 0 Å². The molecule has 4 aliphatic rings. The Hall–Kier alpha value is -4.88. The van der Waals surface area contributed by atoms with Gasteiger partial charge in [0.2, 0.25) is 0 Å². The molecule has 4 atom stereocenters. The molecular weight excluding hydrogens is 1040 g/mol. The number of anilines is 2. The van der Waals surface area contributed by atoms with Gasteiger partial charge in [-0.25, -0.2) is 29.3 Å². The van der Waals surface area contributed by atoms with Gasteiger partial charge >= 0.3 is 0 Å². The third kappa shape index (κ3) is 13.0. The second kappa shape index (κ2) is 23.6. The highest BCUT2D eigenvalue weighted by Gasteiger charge is 2.39. The predicted molar refractivity (Wildman–Crippen MR) is 301 cm³/mol. The highest BCUT2D eigenvalue weighted by Crippen LogP contribution is 2.38. The molecule has 0 aliphatic carbocycles. The lowest BCUT2D eigenvalue weighted by molar-refractivity contribution is 0.0589. The van der Waals surface area contributed by atoms with E-state index in [1.165, 1.54) is 25.7 Å². The first-order chi connectivity index (χ1) is 36.2. The van der Waals surface area contributed by atoms with Crippen LogP contribution >= 0.6 is 46.4 Å². The minimum absolute atomic E-state index is 0.248. The summed E-state index contributed by atoms with van der Waals surface area (Å²) in [5, 5.41) is 50.6. The number of nitriles is 2. The van der Waals surface area contributed by atoms with Gasteiger partial charge in [0.1, 0.15) is 34.8 Å². The van der Waals surface area contributed by atoms with Crippen LogP contribution in [-0.2, 0) is 0 Å². The number of nitrogens with zero attached hydrogens (tertiary/aromatic N) is 14. The van der Waals surface area contributed by atoms with Crippen molar-refractivity contribution < 1.29 is 10.2 Å². The molecule has 4 saturated heterocycles. The first-order valence-electron chi connectivity index (χ1n) is 26.9. The van der Waals surface area contributed by atoms with Crippen LogP contribution in [-0.4, -0.2) is 136 Å². The van der Waals surface area contributed by atoms with Crippen LogP contribution in [0.2, 0.25) is 20.1 Å². The van der Waals surface area contributed by atoms with Crippen LogP contribution in [0.25, 0.3) is 22.3 Å². The molecule has 8 heterocycles. The van der Waals surface area contributed by atoms with E-state index in [-0.39, 0.29) is 23.5 Å². The van der Waals surface area contributed by atoms with E-state index in [0.717, 1.165) is 114 Å². The van der Waals surface area contributed by atoms with Crippen molar-refractivity contribution in [2.45, 2.75) is 116 Å². The molecular formula is C56H70Cl4N14O2. The smallest absolute Gasteiger partial charge is 0.190 e. The average Bonchev–Trinajstić information content (AvgIpc) is 3.91. The highest BCUT2D eigenvalue weighted by molar-refractivity contribution is 6.35. The molecule has 4 aromatic heterocycles. The number of hydrogen-bond donors (Lipinski definition) is 2. The van der Waals surface area contributed by atoms with Crippen LogP contribution in [0, 0.1) is 46.3 Å². The maximum absolute atomic E-state index is 10.0. The van der Waals surface area contributed by atoms with Crippen LogP contribution in [0.3, 0.4) is 0 Å².